The predicted octanol–water partition coefficient (Wildman–Crippen LogP) is 3.91. The standard InChI is InChI=1S/C53H60N12O15/c1-9-31-44(78-27(3)56-31)48(72)61-51-59-34-22-29(46(54)70)24-36(75-8)42(34)63(51)18-11-12-19-64-43-35(60-52(64)62-49(73)45-32(10-2)57-28(4)79-45)23-30(47(55)71)25-37(43)76-20-13-21-77-50(74)33(14-17-41(69)80-53(5,6)7)58-38(66)26-65-39(67)15-16-40(65)68/h11-12,15-16,22-25,33H,9-10,13-14,17-21,26H2,1-8H3,(H2,54,70)(H2,55,71)(H,58,66)(H,59,61,72)(H,60,62,73)/b12-11+/t33-/m1/s1. The number of methoxy groups -OCH3 is 1. The summed E-state index contributed by atoms with van der Waals surface area (Å²) in [5.41, 5.74) is 12.6. The zero-order valence-electron chi connectivity index (χ0n) is 45.2. The van der Waals surface area contributed by atoms with Crippen LogP contribution < -0.4 is 36.9 Å². The van der Waals surface area contributed by atoms with E-state index in [1.165, 1.54) is 31.4 Å². The summed E-state index contributed by atoms with van der Waals surface area (Å²) in [4.78, 5) is 135. The van der Waals surface area contributed by atoms with E-state index in [-0.39, 0.29) is 120 Å². The fourth-order valence-corrected chi connectivity index (χ4v) is 8.40. The van der Waals surface area contributed by atoms with E-state index in [4.69, 9.17) is 39.2 Å². The predicted molar refractivity (Wildman–Crippen MR) is 283 cm³/mol. The number of anilines is 2. The van der Waals surface area contributed by atoms with E-state index in [1.54, 1.807) is 62.8 Å². The highest BCUT2D eigenvalue weighted by atomic mass is 16.6. The normalized spacial score (nSPS) is 12.8. The van der Waals surface area contributed by atoms with Gasteiger partial charge in [-0.25, -0.2) is 24.7 Å². The maximum absolute atomic E-state index is 13.9. The number of ether oxygens (including phenoxy) is 4. The van der Waals surface area contributed by atoms with Crippen LogP contribution in [-0.4, -0.2) is 126 Å². The summed E-state index contributed by atoms with van der Waals surface area (Å²) < 4.78 is 37.3. The molecule has 6 aromatic rings. The Morgan fingerprint density at radius 1 is 0.725 bits per heavy atom. The molecule has 5 heterocycles. The number of amides is 7. The highest BCUT2D eigenvalue weighted by Crippen LogP contribution is 2.33. The maximum Gasteiger partial charge on any atom is 0.328 e. The number of nitrogens with two attached hydrogens (primary N) is 2. The number of fused-ring (bicyclic) bond motifs is 2. The van der Waals surface area contributed by atoms with Crippen LogP contribution in [0, 0.1) is 13.8 Å². The molecule has 422 valence electrons. The summed E-state index contributed by atoms with van der Waals surface area (Å²) in [5, 5.41) is 8.04. The Morgan fingerprint density at radius 2 is 1.23 bits per heavy atom. The SMILES string of the molecule is CCc1nc(C)oc1C(=O)Nc1nc2cc(C(N)=O)cc(OC)c2n1C/C=C/Cn1c(NC(=O)c2oc(C)nc2CC)nc2cc(C(N)=O)cc(OCCCOC(=O)[C@@H](CCC(=O)OC(C)(C)C)NC(=O)CN3C(=O)C=CC3=O)c21. The highest BCUT2D eigenvalue weighted by Gasteiger charge is 2.31. The molecule has 7 rings (SSSR count). The molecule has 0 fully saturated rings. The number of imide groups is 1. The summed E-state index contributed by atoms with van der Waals surface area (Å²) in [6.07, 6.45) is 5.71. The van der Waals surface area contributed by atoms with Crippen LogP contribution in [0.5, 0.6) is 11.5 Å². The van der Waals surface area contributed by atoms with Crippen molar-refractivity contribution in [2.75, 3.05) is 37.5 Å². The topological polar surface area (TPSA) is 370 Å². The van der Waals surface area contributed by atoms with Crippen molar-refractivity contribution in [1.29, 1.82) is 0 Å². The first kappa shape index (κ1) is 58.0. The Balaban J connectivity index is 1.16. The fraction of sp³-hybridized carbons (Fsp3) is 0.377. The highest BCUT2D eigenvalue weighted by molar-refractivity contribution is 6.14. The number of nitrogens with one attached hydrogen (secondary N) is 3. The van der Waals surface area contributed by atoms with Crippen molar-refractivity contribution < 1.29 is 70.9 Å². The van der Waals surface area contributed by atoms with E-state index in [1.807, 2.05) is 6.92 Å². The first-order chi connectivity index (χ1) is 38.0. The summed E-state index contributed by atoms with van der Waals surface area (Å²) >= 11 is 0. The van der Waals surface area contributed by atoms with Gasteiger partial charge in [-0.1, -0.05) is 26.0 Å². The molecule has 27 heteroatoms. The molecular weight excluding hydrogens is 1040 g/mol. The van der Waals surface area contributed by atoms with Crippen LogP contribution in [0.25, 0.3) is 22.1 Å². The lowest BCUT2D eigenvalue weighted by Crippen LogP contribution is -2.47. The molecule has 0 saturated carbocycles. The first-order valence-electron chi connectivity index (χ1n) is 25.3. The summed E-state index contributed by atoms with van der Waals surface area (Å²) in [5.74, 6) is -5.94. The van der Waals surface area contributed by atoms with Crippen LogP contribution in [0.4, 0.5) is 11.9 Å². The molecule has 1 aliphatic heterocycles. The number of aromatic nitrogens is 6. The second-order valence-electron chi connectivity index (χ2n) is 19.0. The molecule has 7 N–H and O–H groups in total. The lowest BCUT2D eigenvalue weighted by atomic mass is 10.1. The average Bonchev–Trinajstić information content (AvgIpc) is 4.23. The van der Waals surface area contributed by atoms with Gasteiger partial charge in [-0.3, -0.25) is 53.9 Å². The van der Waals surface area contributed by atoms with Crippen molar-refractivity contribution >= 4 is 87.3 Å². The lowest BCUT2D eigenvalue weighted by molar-refractivity contribution is -0.156. The number of allylic oxidation sites excluding steroid dienone is 2. The number of benzene rings is 2. The van der Waals surface area contributed by atoms with Gasteiger partial charge in [0.2, 0.25) is 41.1 Å². The molecule has 1 atom stereocenters. The number of carbonyl (C=O) groups excluding carboxylic acids is 9. The van der Waals surface area contributed by atoms with Crippen molar-refractivity contribution in [3.63, 3.8) is 0 Å². The number of hydrogen-bond acceptors (Lipinski definition) is 19. The van der Waals surface area contributed by atoms with Crippen LogP contribution in [0.15, 0.2) is 57.4 Å². The third kappa shape index (κ3) is 13.7. The molecule has 80 heavy (non-hydrogen) atoms. The number of imidazole rings is 2. The van der Waals surface area contributed by atoms with Gasteiger partial charge in [0, 0.05) is 63.1 Å². The summed E-state index contributed by atoms with van der Waals surface area (Å²) in [6.45, 7) is 10.7. The van der Waals surface area contributed by atoms with E-state index in [9.17, 15) is 43.2 Å². The number of rotatable bonds is 25. The molecule has 0 unspecified atom stereocenters. The molecule has 4 aromatic heterocycles. The minimum absolute atomic E-state index is 0.00522. The second-order valence-corrected chi connectivity index (χ2v) is 19.0. The van der Waals surface area contributed by atoms with Crippen LogP contribution in [0.1, 0.15) is 119 Å². The van der Waals surface area contributed by atoms with Gasteiger partial charge in [0.1, 0.15) is 40.7 Å². The number of esters is 2. The minimum Gasteiger partial charge on any atom is -0.494 e. The number of aryl methyl sites for hydroxylation is 4. The van der Waals surface area contributed by atoms with E-state index < -0.39 is 71.5 Å². The molecule has 0 bridgehead atoms. The number of carbonyl (C=O) groups is 9. The van der Waals surface area contributed by atoms with Gasteiger partial charge >= 0.3 is 11.9 Å². The van der Waals surface area contributed by atoms with Crippen molar-refractivity contribution in [1.82, 2.24) is 39.3 Å². The smallest absolute Gasteiger partial charge is 0.328 e. The van der Waals surface area contributed by atoms with Gasteiger partial charge in [-0.15, -0.1) is 0 Å². The zero-order valence-corrected chi connectivity index (χ0v) is 45.2. The Labute approximate surface area is 456 Å². The van der Waals surface area contributed by atoms with Crippen LogP contribution in [0.3, 0.4) is 0 Å². The Kier molecular flexibility index (Phi) is 17.9. The molecule has 0 radical (unpaired) electrons. The molecule has 0 saturated heterocycles. The molecule has 7 amide bonds. The van der Waals surface area contributed by atoms with Crippen LogP contribution >= 0.6 is 0 Å². The van der Waals surface area contributed by atoms with Crippen molar-refractivity contribution in [3.05, 3.63) is 94.4 Å². The Morgan fingerprint density at radius 3 is 1.70 bits per heavy atom. The van der Waals surface area contributed by atoms with Crippen LogP contribution in [-0.2, 0) is 59.4 Å². The van der Waals surface area contributed by atoms with Gasteiger partial charge in [-0.2, -0.15) is 0 Å². The summed E-state index contributed by atoms with van der Waals surface area (Å²) in [7, 11) is 1.40. The largest absolute Gasteiger partial charge is 0.494 e. The molecule has 27 nitrogen and oxygen atoms in total. The first-order valence-corrected chi connectivity index (χ1v) is 25.3. The van der Waals surface area contributed by atoms with Crippen molar-refractivity contribution in [2.45, 2.75) is 105 Å². The number of oxazole rings is 2. The molecule has 0 spiro atoms. The van der Waals surface area contributed by atoms with Crippen molar-refractivity contribution in [2.24, 2.45) is 11.5 Å². The van der Waals surface area contributed by atoms with Crippen molar-refractivity contribution in [3.8, 4) is 11.5 Å². The zero-order chi connectivity index (χ0) is 58.2. The van der Waals surface area contributed by atoms with E-state index >= 15 is 0 Å². The van der Waals surface area contributed by atoms with E-state index in [2.05, 4.69) is 35.9 Å². The minimum atomic E-state index is -1.39. The third-order valence-corrected chi connectivity index (χ3v) is 12.0. The number of hydrogen-bond donors (Lipinski definition) is 5. The van der Waals surface area contributed by atoms with Gasteiger partial charge in [0.25, 0.3) is 23.6 Å². The van der Waals surface area contributed by atoms with E-state index in [0.29, 0.717) is 34.6 Å². The van der Waals surface area contributed by atoms with E-state index in [0.717, 1.165) is 12.2 Å². The monoisotopic (exact) mass is 1100 g/mol. The lowest BCUT2D eigenvalue weighted by Gasteiger charge is -2.22. The molecule has 2 aromatic carbocycles. The Bertz CT molecular complexity index is 3480. The maximum atomic E-state index is 13.9. The number of primary amides is 2. The third-order valence-electron chi connectivity index (χ3n) is 12.0. The van der Waals surface area contributed by atoms with Crippen LogP contribution in [0.2, 0.25) is 0 Å². The van der Waals surface area contributed by atoms with Gasteiger partial charge < -0.3 is 53.7 Å². The van der Waals surface area contributed by atoms with Gasteiger partial charge in [-0.05, 0) is 64.3 Å². The van der Waals surface area contributed by atoms with Gasteiger partial charge in [0.05, 0.1) is 42.7 Å². The fourth-order valence-electron chi connectivity index (χ4n) is 8.40. The molecule has 0 aliphatic carbocycles. The molecule has 1 aliphatic rings. The summed E-state index contributed by atoms with van der Waals surface area (Å²) in [6, 6.07) is 4.31. The second kappa shape index (κ2) is 24.8. The molecular formula is C53H60N12O15. The Hall–Kier alpha value is -9.69. The number of nitrogens with zero attached hydrogens (tertiary/aromatic N) is 7. The van der Waals surface area contributed by atoms with Gasteiger partial charge in [0.15, 0.2) is 11.8 Å². The average molecular weight is 1110 g/mol. The quantitative estimate of drug-likeness (QED) is 0.0235.